The van der Waals surface area contributed by atoms with Crippen LogP contribution >= 0.6 is 0 Å². The van der Waals surface area contributed by atoms with Gasteiger partial charge in [0.05, 0.1) is 0 Å². The van der Waals surface area contributed by atoms with Gasteiger partial charge >= 0.3 is 6.03 Å². The first-order valence-corrected chi connectivity index (χ1v) is 4.92. The molecule has 5 heteroatoms. The second kappa shape index (κ2) is 5.16. The molecule has 1 atom stereocenters. The first kappa shape index (κ1) is 12.0. The summed E-state index contributed by atoms with van der Waals surface area (Å²) in [6, 6.07) is 6.23. The van der Waals surface area contributed by atoms with E-state index in [0.717, 1.165) is 11.3 Å². The molecule has 0 bridgehead atoms. The van der Waals surface area contributed by atoms with Gasteiger partial charge in [-0.3, -0.25) is 10.1 Å². The number of nitrogens with two attached hydrogens (primary N) is 1. The predicted molar refractivity (Wildman–Crippen MR) is 62.0 cm³/mol. The minimum Gasteiger partial charge on any atom is -0.374 e. The van der Waals surface area contributed by atoms with Crippen LogP contribution in [-0.4, -0.2) is 18.0 Å². The van der Waals surface area contributed by atoms with Crippen LogP contribution in [0.3, 0.4) is 0 Å². The van der Waals surface area contributed by atoms with Gasteiger partial charge in [-0.05, 0) is 26.0 Å². The van der Waals surface area contributed by atoms with Crippen LogP contribution in [0.15, 0.2) is 24.3 Å². The highest BCUT2D eigenvalue weighted by molar-refractivity contribution is 5.97. The van der Waals surface area contributed by atoms with E-state index < -0.39 is 18.0 Å². The van der Waals surface area contributed by atoms with Crippen molar-refractivity contribution in [3.63, 3.8) is 0 Å². The molecule has 0 radical (unpaired) electrons. The fraction of sp³-hybridized carbons (Fsp3) is 0.273. The average molecular weight is 221 g/mol. The van der Waals surface area contributed by atoms with Crippen molar-refractivity contribution in [2.75, 3.05) is 5.32 Å². The molecule has 1 aromatic rings. The third-order valence-electron chi connectivity index (χ3n) is 2.07. The standard InChI is InChI=1S/C11H15N3O2/c1-7-3-5-9(6-4-7)13-8(2)10(15)14-11(12)16/h3-6,8,13H,1-2H3,(H3,12,14,15,16). The zero-order chi connectivity index (χ0) is 12.1. The van der Waals surface area contributed by atoms with E-state index in [1.807, 2.05) is 36.5 Å². The monoisotopic (exact) mass is 221 g/mol. The van der Waals surface area contributed by atoms with Gasteiger partial charge in [0.1, 0.15) is 6.04 Å². The van der Waals surface area contributed by atoms with Gasteiger partial charge in [-0.25, -0.2) is 4.79 Å². The molecule has 0 aliphatic carbocycles. The van der Waals surface area contributed by atoms with Crippen LogP contribution in [0.5, 0.6) is 0 Å². The molecule has 1 unspecified atom stereocenters. The quantitative estimate of drug-likeness (QED) is 0.711. The van der Waals surface area contributed by atoms with Gasteiger partial charge in [0.2, 0.25) is 5.91 Å². The number of amides is 3. The molecule has 16 heavy (non-hydrogen) atoms. The van der Waals surface area contributed by atoms with Crippen LogP contribution in [-0.2, 0) is 4.79 Å². The Kier molecular flexibility index (Phi) is 3.88. The molecule has 0 aliphatic heterocycles. The van der Waals surface area contributed by atoms with Crippen molar-refractivity contribution in [3.8, 4) is 0 Å². The number of benzene rings is 1. The molecule has 0 saturated carbocycles. The first-order chi connectivity index (χ1) is 7.49. The number of primary amides is 1. The lowest BCUT2D eigenvalue weighted by atomic mass is 10.2. The molecule has 1 rings (SSSR count). The number of carbonyl (C=O) groups is 2. The van der Waals surface area contributed by atoms with Crippen molar-refractivity contribution in [3.05, 3.63) is 29.8 Å². The molecule has 0 heterocycles. The average Bonchev–Trinajstić information content (AvgIpc) is 2.20. The third-order valence-corrected chi connectivity index (χ3v) is 2.07. The molecule has 1 aromatic carbocycles. The SMILES string of the molecule is Cc1ccc(NC(C)C(=O)NC(N)=O)cc1. The maximum absolute atomic E-state index is 11.4. The number of urea groups is 1. The van der Waals surface area contributed by atoms with Gasteiger partial charge in [0.25, 0.3) is 0 Å². The molecule has 86 valence electrons. The van der Waals surface area contributed by atoms with Crippen molar-refractivity contribution in [2.24, 2.45) is 5.73 Å². The van der Waals surface area contributed by atoms with Crippen LogP contribution in [0.4, 0.5) is 10.5 Å². The number of hydrogen-bond acceptors (Lipinski definition) is 3. The zero-order valence-electron chi connectivity index (χ0n) is 9.28. The predicted octanol–water partition coefficient (Wildman–Crippen LogP) is 0.990. The lowest BCUT2D eigenvalue weighted by Crippen LogP contribution is -2.43. The Morgan fingerprint density at radius 1 is 1.25 bits per heavy atom. The first-order valence-electron chi connectivity index (χ1n) is 4.92. The summed E-state index contributed by atoms with van der Waals surface area (Å²) in [4.78, 5) is 21.8. The van der Waals surface area contributed by atoms with Crippen molar-refractivity contribution < 1.29 is 9.59 Å². The topological polar surface area (TPSA) is 84.2 Å². The smallest absolute Gasteiger partial charge is 0.318 e. The molecule has 4 N–H and O–H groups in total. The Bertz CT molecular complexity index is 387. The minimum atomic E-state index is -0.845. The fourth-order valence-electron chi connectivity index (χ4n) is 1.20. The van der Waals surface area contributed by atoms with E-state index >= 15 is 0 Å². The lowest BCUT2D eigenvalue weighted by molar-refractivity contribution is -0.120. The third kappa shape index (κ3) is 3.61. The Morgan fingerprint density at radius 3 is 2.31 bits per heavy atom. The molecule has 0 aromatic heterocycles. The maximum Gasteiger partial charge on any atom is 0.318 e. The Morgan fingerprint density at radius 2 is 1.81 bits per heavy atom. The molecule has 0 fully saturated rings. The van der Waals surface area contributed by atoms with Crippen molar-refractivity contribution in [1.82, 2.24) is 5.32 Å². The largest absolute Gasteiger partial charge is 0.374 e. The van der Waals surface area contributed by atoms with E-state index in [9.17, 15) is 9.59 Å². The molecule has 3 amide bonds. The zero-order valence-corrected chi connectivity index (χ0v) is 9.28. The van der Waals surface area contributed by atoms with Gasteiger partial charge < -0.3 is 11.1 Å². The summed E-state index contributed by atoms with van der Waals surface area (Å²) >= 11 is 0. The van der Waals surface area contributed by atoms with Crippen LogP contribution in [0.1, 0.15) is 12.5 Å². The van der Waals surface area contributed by atoms with E-state index in [0.29, 0.717) is 0 Å². The number of aryl methyl sites for hydroxylation is 1. The highest BCUT2D eigenvalue weighted by Crippen LogP contribution is 2.09. The van der Waals surface area contributed by atoms with Gasteiger partial charge in [0.15, 0.2) is 0 Å². The van der Waals surface area contributed by atoms with Crippen LogP contribution < -0.4 is 16.4 Å². The van der Waals surface area contributed by atoms with Crippen molar-refractivity contribution in [2.45, 2.75) is 19.9 Å². The van der Waals surface area contributed by atoms with Gasteiger partial charge in [-0.1, -0.05) is 17.7 Å². The van der Waals surface area contributed by atoms with Crippen molar-refractivity contribution >= 4 is 17.6 Å². The summed E-state index contributed by atoms with van der Waals surface area (Å²) in [5.41, 5.74) is 6.80. The fourth-order valence-corrected chi connectivity index (χ4v) is 1.20. The highest BCUT2D eigenvalue weighted by Gasteiger charge is 2.13. The van der Waals surface area contributed by atoms with Gasteiger partial charge in [-0.2, -0.15) is 0 Å². The molecule has 5 nitrogen and oxygen atoms in total. The normalized spacial score (nSPS) is 11.6. The van der Waals surface area contributed by atoms with E-state index in [1.54, 1.807) is 6.92 Å². The number of nitrogens with one attached hydrogen (secondary N) is 2. The molecule has 0 aliphatic rings. The summed E-state index contributed by atoms with van der Waals surface area (Å²) in [6.45, 7) is 3.63. The second-order valence-corrected chi connectivity index (χ2v) is 3.59. The Labute approximate surface area is 94.0 Å². The van der Waals surface area contributed by atoms with E-state index in [-0.39, 0.29) is 0 Å². The van der Waals surface area contributed by atoms with Gasteiger partial charge in [-0.15, -0.1) is 0 Å². The van der Waals surface area contributed by atoms with Crippen LogP contribution in [0, 0.1) is 6.92 Å². The number of hydrogen-bond donors (Lipinski definition) is 3. The summed E-state index contributed by atoms with van der Waals surface area (Å²) in [5, 5.41) is 4.97. The number of carbonyl (C=O) groups excluding carboxylic acids is 2. The number of anilines is 1. The Hall–Kier alpha value is -2.04. The van der Waals surface area contributed by atoms with Gasteiger partial charge in [0, 0.05) is 5.69 Å². The minimum absolute atomic E-state index is 0.451. The van der Waals surface area contributed by atoms with E-state index in [2.05, 4.69) is 5.32 Å². The summed E-state index contributed by atoms with van der Waals surface area (Å²) < 4.78 is 0. The number of imide groups is 1. The van der Waals surface area contributed by atoms with Crippen molar-refractivity contribution in [1.29, 1.82) is 0 Å². The molecular weight excluding hydrogens is 206 g/mol. The van der Waals surface area contributed by atoms with Crippen LogP contribution in [0.2, 0.25) is 0 Å². The maximum atomic E-state index is 11.4. The lowest BCUT2D eigenvalue weighted by Gasteiger charge is -2.13. The van der Waals surface area contributed by atoms with E-state index in [4.69, 9.17) is 5.73 Å². The highest BCUT2D eigenvalue weighted by atomic mass is 16.2. The van der Waals surface area contributed by atoms with Crippen LogP contribution in [0.25, 0.3) is 0 Å². The summed E-state index contributed by atoms with van der Waals surface area (Å²) in [6.07, 6.45) is 0. The second-order valence-electron chi connectivity index (χ2n) is 3.59. The Balaban J connectivity index is 2.57. The summed E-state index contributed by atoms with van der Waals surface area (Å²) in [7, 11) is 0. The van der Waals surface area contributed by atoms with E-state index in [1.165, 1.54) is 0 Å². The number of rotatable bonds is 3. The molecule has 0 saturated heterocycles. The molecular formula is C11H15N3O2. The summed E-state index contributed by atoms with van der Waals surface area (Å²) in [5.74, 6) is -0.451. The molecule has 0 spiro atoms.